The molecule has 3 aromatic rings. The standard InChI is InChI=1S/C21H25N3O3/c1-14(20-12-16-6-4-5-7-19(16)27-20)24-21(22-2)23-11-10-15-8-9-17(26-3)13-18(15)25/h4-9,12-14,25H,10-11H2,1-3H3,(H2,22,23,24). The van der Waals surface area contributed by atoms with Crippen LogP contribution in [0.1, 0.15) is 24.3 Å². The summed E-state index contributed by atoms with van der Waals surface area (Å²) in [6.45, 7) is 2.66. The van der Waals surface area contributed by atoms with Crippen LogP contribution < -0.4 is 15.4 Å². The van der Waals surface area contributed by atoms with Crippen molar-refractivity contribution >= 4 is 16.9 Å². The Hall–Kier alpha value is -3.15. The van der Waals surface area contributed by atoms with Crippen LogP contribution in [0.4, 0.5) is 0 Å². The fourth-order valence-corrected chi connectivity index (χ4v) is 2.88. The molecule has 0 aliphatic carbocycles. The first kappa shape index (κ1) is 18.6. The smallest absolute Gasteiger partial charge is 0.191 e. The van der Waals surface area contributed by atoms with Gasteiger partial charge in [0.2, 0.25) is 0 Å². The van der Waals surface area contributed by atoms with Gasteiger partial charge in [0.05, 0.1) is 13.2 Å². The number of phenolic OH excluding ortho intramolecular Hbond substituents is 1. The summed E-state index contributed by atoms with van der Waals surface area (Å²) in [4.78, 5) is 4.26. The van der Waals surface area contributed by atoms with Crippen molar-refractivity contribution in [1.29, 1.82) is 0 Å². The van der Waals surface area contributed by atoms with E-state index in [1.807, 2.05) is 49.4 Å². The van der Waals surface area contributed by atoms with Crippen LogP contribution in [0.2, 0.25) is 0 Å². The number of aliphatic imine (C=N–C) groups is 1. The number of para-hydroxylation sites is 1. The van der Waals surface area contributed by atoms with E-state index in [0.717, 1.165) is 22.3 Å². The molecule has 1 unspecified atom stereocenters. The van der Waals surface area contributed by atoms with E-state index in [9.17, 15) is 5.11 Å². The normalized spacial score (nSPS) is 12.8. The molecular formula is C21H25N3O3. The number of methoxy groups -OCH3 is 1. The zero-order valence-corrected chi connectivity index (χ0v) is 15.8. The molecule has 3 rings (SSSR count). The van der Waals surface area contributed by atoms with Crippen LogP contribution in [0.15, 0.2) is 57.9 Å². The summed E-state index contributed by atoms with van der Waals surface area (Å²) < 4.78 is 11.0. The molecule has 27 heavy (non-hydrogen) atoms. The first-order valence-electron chi connectivity index (χ1n) is 8.92. The van der Waals surface area contributed by atoms with Gasteiger partial charge in [0, 0.05) is 25.0 Å². The molecule has 0 fully saturated rings. The second-order valence-corrected chi connectivity index (χ2v) is 6.30. The lowest BCUT2D eigenvalue weighted by atomic mass is 10.1. The van der Waals surface area contributed by atoms with Gasteiger partial charge in [0.1, 0.15) is 22.8 Å². The molecule has 0 saturated carbocycles. The highest BCUT2D eigenvalue weighted by Crippen LogP contribution is 2.24. The molecule has 6 nitrogen and oxygen atoms in total. The van der Waals surface area contributed by atoms with E-state index >= 15 is 0 Å². The highest BCUT2D eigenvalue weighted by atomic mass is 16.5. The maximum atomic E-state index is 10.0. The third-order valence-electron chi connectivity index (χ3n) is 4.43. The highest BCUT2D eigenvalue weighted by molar-refractivity contribution is 5.81. The zero-order chi connectivity index (χ0) is 19.2. The maximum absolute atomic E-state index is 10.0. The Morgan fingerprint density at radius 2 is 2.04 bits per heavy atom. The molecule has 1 heterocycles. The number of hydrogen-bond acceptors (Lipinski definition) is 4. The Labute approximate surface area is 158 Å². The summed E-state index contributed by atoms with van der Waals surface area (Å²) in [7, 11) is 3.31. The predicted octanol–water partition coefficient (Wildman–Crippen LogP) is 3.62. The molecule has 0 spiro atoms. The third-order valence-corrected chi connectivity index (χ3v) is 4.43. The van der Waals surface area contributed by atoms with Gasteiger partial charge in [-0.3, -0.25) is 4.99 Å². The van der Waals surface area contributed by atoms with Gasteiger partial charge in [-0.05, 0) is 37.1 Å². The van der Waals surface area contributed by atoms with Crippen LogP contribution in [-0.2, 0) is 6.42 Å². The van der Waals surface area contributed by atoms with Gasteiger partial charge in [-0.15, -0.1) is 0 Å². The lowest BCUT2D eigenvalue weighted by molar-refractivity contribution is 0.406. The molecular weight excluding hydrogens is 342 g/mol. The van der Waals surface area contributed by atoms with Crippen molar-refractivity contribution in [1.82, 2.24) is 10.6 Å². The second-order valence-electron chi connectivity index (χ2n) is 6.30. The molecule has 1 atom stereocenters. The summed E-state index contributed by atoms with van der Waals surface area (Å²) in [5, 5.41) is 17.7. The SMILES string of the molecule is CN=C(NCCc1ccc(OC)cc1O)NC(C)c1cc2ccccc2o1. The van der Waals surface area contributed by atoms with E-state index in [0.29, 0.717) is 24.7 Å². The number of nitrogens with one attached hydrogen (secondary N) is 2. The van der Waals surface area contributed by atoms with Crippen molar-refractivity contribution in [2.24, 2.45) is 4.99 Å². The summed E-state index contributed by atoms with van der Waals surface area (Å²) in [6, 6.07) is 15.3. The Balaban J connectivity index is 1.56. The molecule has 3 N–H and O–H groups in total. The summed E-state index contributed by atoms with van der Waals surface area (Å²) in [5.74, 6) is 2.40. The van der Waals surface area contributed by atoms with Gasteiger partial charge in [0.25, 0.3) is 0 Å². The van der Waals surface area contributed by atoms with Crippen LogP contribution in [0, 0.1) is 0 Å². The van der Waals surface area contributed by atoms with Crippen LogP contribution in [-0.4, -0.2) is 31.8 Å². The van der Waals surface area contributed by atoms with Crippen LogP contribution in [0.3, 0.4) is 0 Å². The summed E-state index contributed by atoms with van der Waals surface area (Å²) >= 11 is 0. The number of benzene rings is 2. The maximum Gasteiger partial charge on any atom is 0.191 e. The number of rotatable bonds is 6. The number of ether oxygens (including phenoxy) is 1. The summed E-state index contributed by atoms with van der Waals surface area (Å²) in [6.07, 6.45) is 0.662. The number of furan rings is 1. The average Bonchev–Trinajstić information content (AvgIpc) is 3.12. The minimum absolute atomic E-state index is 0.0296. The van der Waals surface area contributed by atoms with Crippen molar-refractivity contribution < 1.29 is 14.3 Å². The predicted molar refractivity (Wildman–Crippen MR) is 107 cm³/mol. The van der Waals surface area contributed by atoms with E-state index in [-0.39, 0.29) is 11.8 Å². The molecule has 2 aromatic carbocycles. The minimum atomic E-state index is -0.0296. The first-order valence-corrected chi connectivity index (χ1v) is 8.92. The molecule has 0 aliphatic rings. The van der Waals surface area contributed by atoms with E-state index in [2.05, 4.69) is 15.6 Å². The van der Waals surface area contributed by atoms with Crippen molar-refractivity contribution in [2.45, 2.75) is 19.4 Å². The highest BCUT2D eigenvalue weighted by Gasteiger charge is 2.13. The number of guanidine groups is 1. The molecule has 0 radical (unpaired) electrons. The number of hydrogen-bond donors (Lipinski definition) is 3. The number of nitrogens with zero attached hydrogens (tertiary/aromatic N) is 1. The van der Waals surface area contributed by atoms with Crippen molar-refractivity contribution in [3.63, 3.8) is 0 Å². The Morgan fingerprint density at radius 1 is 1.22 bits per heavy atom. The van der Waals surface area contributed by atoms with Crippen molar-refractivity contribution in [3.8, 4) is 11.5 Å². The molecule has 0 amide bonds. The topological polar surface area (TPSA) is 79.0 Å². The first-order chi connectivity index (χ1) is 13.1. The van der Waals surface area contributed by atoms with Gasteiger partial charge in [-0.25, -0.2) is 0 Å². The number of aromatic hydroxyl groups is 1. The largest absolute Gasteiger partial charge is 0.508 e. The quantitative estimate of drug-likeness (QED) is 0.458. The van der Waals surface area contributed by atoms with Gasteiger partial charge in [0.15, 0.2) is 5.96 Å². The van der Waals surface area contributed by atoms with Crippen LogP contribution >= 0.6 is 0 Å². The van der Waals surface area contributed by atoms with Gasteiger partial charge in [-0.2, -0.15) is 0 Å². The fraction of sp³-hybridized carbons (Fsp3) is 0.286. The van der Waals surface area contributed by atoms with Crippen LogP contribution in [0.25, 0.3) is 11.0 Å². The van der Waals surface area contributed by atoms with E-state index in [1.54, 1.807) is 20.2 Å². The molecule has 0 aliphatic heterocycles. The van der Waals surface area contributed by atoms with Gasteiger partial charge < -0.3 is 24.9 Å². The Morgan fingerprint density at radius 3 is 2.74 bits per heavy atom. The van der Waals surface area contributed by atoms with E-state index in [4.69, 9.17) is 9.15 Å². The lowest BCUT2D eigenvalue weighted by Crippen LogP contribution is -2.39. The fourth-order valence-electron chi connectivity index (χ4n) is 2.88. The van der Waals surface area contributed by atoms with Gasteiger partial charge in [-0.1, -0.05) is 24.3 Å². The Bertz CT molecular complexity index is 900. The summed E-state index contributed by atoms with van der Waals surface area (Å²) in [5.41, 5.74) is 1.73. The molecule has 0 bridgehead atoms. The van der Waals surface area contributed by atoms with E-state index in [1.165, 1.54) is 0 Å². The van der Waals surface area contributed by atoms with Gasteiger partial charge >= 0.3 is 0 Å². The Kier molecular flexibility index (Phi) is 5.86. The zero-order valence-electron chi connectivity index (χ0n) is 15.8. The van der Waals surface area contributed by atoms with E-state index < -0.39 is 0 Å². The molecule has 6 heteroatoms. The number of fused-ring (bicyclic) bond motifs is 1. The molecule has 142 valence electrons. The number of phenols is 1. The molecule has 1 aromatic heterocycles. The van der Waals surface area contributed by atoms with Crippen LogP contribution in [0.5, 0.6) is 11.5 Å². The average molecular weight is 367 g/mol. The van der Waals surface area contributed by atoms with Crippen molar-refractivity contribution in [3.05, 3.63) is 59.9 Å². The minimum Gasteiger partial charge on any atom is -0.508 e. The second kappa shape index (κ2) is 8.49. The molecule has 0 saturated heterocycles. The van der Waals surface area contributed by atoms with Crippen molar-refractivity contribution in [2.75, 3.05) is 20.7 Å². The monoisotopic (exact) mass is 367 g/mol. The third kappa shape index (κ3) is 4.53. The lowest BCUT2D eigenvalue weighted by Gasteiger charge is -2.16.